The van der Waals surface area contributed by atoms with Gasteiger partial charge in [0.25, 0.3) is 0 Å². The number of aliphatic carboxylic acids is 1. The van der Waals surface area contributed by atoms with Crippen LogP contribution in [0.15, 0.2) is 0 Å². The van der Waals surface area contributed by atoms with E-state index in [9.17, 15) is 15.0 Å². The lowest BCUT2D eigenvalue weighted by Crippen LogP contribution is -2.44. The van der Waals surface area contributed by atoms with E-state index < -0.39 is 43.5 Å². The summed E-state index contributed by atoms with van der Waals surface area (Å²) in [7, 11) is 0. The number of carboxylic acids is 1. The summed E-state index contributed by atoms with van der Waals surface area (Å²) >= 11 is 0. The van der Waals surface area contributed by atoms with Crippen molar-refractivity contribution in [1.29, 1.82) is 0 Å². The standard InChI is InChI=1S/C9H17NO6/c11-3-5-8(15)9(16)6(4-12)10(5)2-1-7(13)14/h5-6,8-9,11-12,15-16H,1-4H2,(H,13,14). The lowest BCUT2D eigenvalue weighted by molar-refractivity contribution is -0.137. The number of likely N-dealkylation sites (tertiary alicyclic amines) is 1. The summed E-state index contributed by atoms with van der Waals surface area (Å²) in [4.78, 5) is 11.9. The Hall–Kier alpha value is -0.730. The fourth-order valence-corrected chi connectivity index (χ4v) is 2.08. The molecule has 94 valence electrons. The molecule has 4 atom stereocenters. The first kappa shape index (κ1) is 13.3. The molecule has 1 heterocycles. The van der Waals surface area contributed by atoms with Crippen molar-refractivity contribution in [2.75, 3.05) is 19.8 Å². The average Bonchev–Trinajstić information content (AvgIpc) is 2.48. The highest BCUT2D eigenvalue weighted by Crippen LogP contribution is 2.25. The number of hydrogen-bond acceptors (Lipinski definition) is 6. The van der Waals surface area contributed by atoms with Crippen LogP contribution in [0, 0.1) is 0 Å². The molecule has 0 amide bonds. The summed E-state index contributed by atoms with van der Waals surface area (Å²) < 4.78 is 0. The largest absolute Gasteiger partial charge is 0.481 e. The van der Waals surface area contributed by atoms with E-state index in [0.717, 1.165) is 0 Å². The Kier molecular flexibility index (Phi) is 4.63. The van der Waals surface area contributed by atoms with Gasteiger partial charge in [0.05, 0.1) is 43.9 Å². The molecule has 5 N–H and O–H groups in total. The van der Waals surface area contributed by atoms with Gasteiger partial charge in [0, 0.05) is 6.54 Å². The quantitative estimate of drug-likeness (QED) is 0.349. The molecule has 1 rings (SSSR count). The van der Waals surface area contributed by atoms with Crippen LogP contribution in [0.2, 0.25) is 0 Å². The van der Waals surface area contributed by atoms with E-state index in [-0.39, 0.29) is 13.0 Å². The number of hydrogen-bond donors (Lipinski definition) is 5. The average molecular weight is 235 g/mol. The zero-order valence-electron chi connectivity index (χ0n) is 8.73. The minimum absolute atomic E-state index is 0.0694. The van der Waals surface area contributed by atoms with Crippen LogP contribution in [0.1, 0.15) is 6.42 Å². The van der Waals surface area contributed by atoms with E-state index in [4.69, 9.17) is 15.3 Å². The van der Waals surface area contributed by atoms with E-state index in [2.05, 4.69) is 0 Å². The van der Waals surface area contributed by atoms with Crippen molar-refractivity contribution in [2.24, 2.45) is 0 Å². The first-order valence-corrected chi connectivity index (χ1v) is 5.08. The van der Waals surface area contributed by atoms with Crippen LogP contribution in [0.3, 0.4) is 0 Å². The molecular weight excluding hydrogens is 218 g/mol. The molecule has 1 aliphatic heterocycles. The highest BCUT2D eigenvalue weighted by Gasteiger charge is 2.46. The third kappa shape index (κ3) is 2.50. The van der Waals surface area contributed by atoms with Gasteiger partial charge in [0.15, 0.2) is 0 Å². The molecule has 0 aliphatic carbocycles. The molecule has 4 unspecified atom stereocenters. The number of aliphatic hydroxyl groups is 4. The summed E-state index contributed by atoms with van der Waals surface area (Å²) in [5.41, 5.74) is 0. The topological polar surface area (TPSA) is 121 Å². The van der Waals surface area contributed by atoms with Crippen molar-refractivity contribution in [1.82, 2.24) is 4.90 Å². The minimum atomic E-state index is -1.17. The zero-order valence-corrected chi connectivity index (χ0v) is 8.73. The molecule has 1 aliphatic rings. The number of rotatable bonds is 5. The SMILES string of the molecule is O=C(O)CCN1C(CO)C(O)C(O)C1CO. The fraction of sp³-hybridized carbons (Fsp3) is 0.889. The van der Waals surface area contributed by atoms with Crippen LogP contribution in [0.25, 0.3) is 0 Å². The van der Waals surface area contributed by atoms with Crippen molar-refractivity contribution in [3.05, 3.63) is 0 Å². The molecule has 0 radical (unpaired) electrons. The first-order valence-electron chi connectivity index (χ1n) is 5.08. The number of nitrogens with zero attached hydrogens (tertiary/aromatic N) is 1. The van der Waals surface area contributed by atoms with Crippen molar-refractivity contribution < 1.29 is 30.3 Å². The summed E-state index contributed by atoms with van der Waals surface area (Å²) in [6, 6.07) is -1.46. The summed E-state index contributed by atoms with van der Waals surface area (Å²) in [5, 5.41) is 45.8. The third-order valence-electron chi connectivity index (χ3n) is 2.95. The summed E-state index contributed by atoms with van der Waals surface area (Å²) in [6.07, 6.45) is -2.52. The molecular formula is C9H17NO6. The highest BCUT2D eigenvalue weighted by atomic mass is 16.4. The zero-order chi connectivity index (χ0) is 12.3. The highest BCUT2D eigenvalue weighted by molar-refractivity contribution is 5.66. The Morgan fingerprint density at radius 3 is 1.81 bits per heavy atom. The van der Waals surface area contributed by atoms with E-state index in [1.54, 1.807) is 0 Å². The maximum absolute atomic E-state index is 10.4. The predicted octanol–water partition coefficient (Wildman–Crippen LogP) is -2.78. The Balaban J connectivity index is 2.71. The third-order valence-corrected chi connectivity index (χ3v) is 2.95. The summed E-state index contributed by atoms with van der Waals surface area (Å²) in [5.74, 6) is -1.01. The fourth-order valence-electron chi connectivity index (χ4n) is 2.08. The van der Waals surface area contributed by atoms with E-state index in [1.807, 2.05) is 0 Å². The van der Waals surface area contributed by atoms with Crippen molar-refractivity contribution in [3.8, 4) is 0 Å². The number of carboxylic acid groups (broad SMARTS) is 1. The smallest absolute Gasteiger partial charge is 0.304 e. The molecule has 0 aromatic rings. The second-order valence-corrected chi connectivity index (χ2v) is 3.86. The van der Waals surface area contributed by atoms with Crippen LogP contribution in [0.5, 0.6) is 0 Å². The van der Waals surface area contributed by atoms with E-state index in [1.165, 1.54) is 4.90 Å². The second-order valence-electron chi connectivity index (χ2n) is 3.86. The lowest BCUT2D eigenvalue weighted by atomic mass is 10.1. The molecule has 0 spiro atoms. The molecule has 0 bridgehead atoms. The Morgan fingerprint density at radius 2 is 1.50 bits per heavy atom. The Morgan fingerprint density at radius 1 is 1.06 bits per heavy atom. The van der Waals surface area contributed by atoms with Crippen LogP contribution in [-0.2, 0) is 4.79 Å². The van der Waals surface area contributed by atoms with Crippen molar-refractivity contribution in [3.63, 3.8) is 0 Å². The lowest BCUT2D eigenvalue weighted by Gasteiger charge is -2.27. The molecule has 0 saturated carbocycles. The van der Waals surface area contributed by atoms with Crippen LogP contribution in [-0.4, -0.2) is 80.5 Å². The molecule has 7 nitrogen and oxygen atoms in total. The van der Waals surface area contributed by atoms with Gasteiger partial charge in [-0.2, -0.15) is 0 Å². The van der Waals surface area contributed by atoms with Gasteiger partial charge in [0.2, 0.25) is 0 Å². The maximum Gasteiger partial charge on any atom is 0.304 e. The van der Waals surface area contributed by atoms with E-state index in [0.29, 0.717) is 0 Å². The van der Waals surface area contributed by atoms with Crippen LogP contribution < -0.4 is 0 Å². The maximum atomic E-state index is 10.4. The van der Waals surface area contributed by atoms with Gasteiger partial charge in [-0.3, -0.25) is 9.69 Å². The van der Waals surface area contributed by atoms with Crippen LogP contribution in [0.4, 0.5) is 0 Å². The van der Waals surface area contributed by atoms with Gasteiger partial charge >= 0.3 is 5.97 Å². The minimum Gasteiger partial charge on any atom is -0.481 e. The van der Waals surface area contributed by atoms with Gasteiger partial charge in [-0.1, -0.05) is 0 Å². The number of aliphatic hydroxyl groups excluding tert-OH is 4. The Bertz CT molecular complexity index is 232. The van der Waals surface area contributed by atoms with Gasteiger partial charge in [-0.25, -0.2) is 0 Å². The Labute approximate surface area is 92.5 Å². The molecule has 0 aromatic carbocycles. The molecule has 7 heteroatoms. The van der Waals surface area contributed by atoms with Gasteiger partial charge in [-0.15, -0.1) is 0 Å². The van der Waals surface area contributed by atoms with Crippen molar-refractivity contribution in [2.45, 2.75) is 30.7 Å². The molecule has 16 heavy (non-hydrogen) atoms. The van der Waals surface area contributed by atoms with Gasteiger partial charge in [-0.05, 0) is 0 Å². The van der Waals surface area contributed by atoms with Crippen molar-refractivity contribution >= 4 is 5.97 Å². The summed E-state index contributed by atoms with van der Waals surface area (Å²) in [6.45, 7) is -0.720. The number of carbonyl (C=O) groups is 1. The van der Waals surface area contributed by atoms with Crippen LogP contribution >= 0.6 is 0 Å². The predicted molar refractivity (Wildman–Crippen MR) is 52.7 cm³/mol. The van der Waals surface area contributed by atoms with E-state index >= 15 is 0 Å². The second kappa shape index (κ2) is 5.55. The molecule has 1 fully saturated rings. The normalized spacial score (nSPS) is 35.5. The van der Waals surface area contributed by atoms with Gasteiger partial charge < -0.3 is 25.5 Å². The van der Waals surface area contributed by atoms with Gasteiger partial charge in [0.1, 0.15) is 0 Å². The first-order chi connectivity index (χ1) is 7.52. The monoisotopic (exact) mass is 235 g/mol. The molecule has 1 saturated heterocycles. The molecule has 0 aromatic heterocycles.